The summed E-state index contributed by atoms with van der Waals surface area (Å²) in [4.78, 5) is 38.9. The maximum absolute atomic E-state index is 13.1. The van der Waals surface area contributed by atoms with E-state index in [0.717, 1.165) is 42.3 Å². The van der Waals surface area contributed by atoms with Crippen molar-refractivity contribution < 1.29 is 9.59 Å². The number of carbonyl (C=O) groups is 2. The minimum atomic E-state index is -0.363. The number of aromatic nitrogens is 2. The van der Waals surface area contributed by atoms with Crippen LogP contribution in [0.15, 0.2) is 52.6 Å². The summed E-state index contributed by atoms with van der Waals surface area (Å²) < 4.78 is 0. The van der Waals surface area contributed by atoms with Crippen LogP contribution in [0.3, 0.4) is 0 Å². The Kier molecular flexibility index (Phi) is 6.91. The Labute approximate surface area is 220 Å². The van der Waals surface area contributed by atoms with Gasteiger partial charge in [-0.2, -0.15) is 10.1 Å². The number of hydrazone groups is 1. The van der Waals surface area contributed by atoms with Gasteiger partial charge in [-0.15, -0.1) is 0 Å². The fraction of sp³-hybridized carbons (Fsp3) is 0.333. The van der Waals surface area contributed by atoms with Gasteiger partial charge in [-0.3, -0.25) is 14.9 Å². The van der Waals surface area contributed by atoms with E-state index in [4.69, 9.17) is 11.5 Å². The van der Waals surface area contributed by atoms with Gasteiger partial charge in [-0.25, -0.2) is 15.0 Å². The van der Waals surface area contributed by atoms with Crippen LogP contribution in [-0.2, 0) is 4.79 Å². The van der Waals surface area contributed by atoms with E-state index in [1.165, 1.54) is 5.01 Å². The largest absolute Gasteiger partial charge is 0.370 e. The number of nitrogens with one attached hydrogen (secondary N) is 2. The zero-order valence-corrected chi connectivity index (χ0v) is 21.4. The first-order chi connectivity index (χ1) is 18.3. The molecule has 0 spiro atoms. The fourth-order valence-electron chi connectivity index (χ4n) is 4.89. The lowest BCUT2D eigenvalue weighted by atomic mass is 9.90. The lowest BCUT2D eigenvalue weighted by molar-refractivity contribution is -0.116. The van der Waals surface area contributed by atoms with Gasteiger partial charge in [0.1, 0.15) is 5.82 Å². The molecule has 2 aromatic carbocycles. The quantitative estimate of drug-likeness (QED) is 0.290. The predicted molar refractivity (Wildman–Crippen MR) is 149 cm³/mol. The van der Waals surface area contributed by atoms with Gasteiger partial charge >= 0.3 is 0 Å². The fourth-order valence-corrected chi connectivity index (χ4v) is 4.89. The number of guanidine groups is 1. The maximum atomic E-state index is 13.1. The van der Waals surface area contributed by atoms with Crippen LogP contribution in [0.4, 0.5) is 17.5 Å². The maximum Gasteiger partial charge on any atom is 0.258 e. The van der Waals surface area contributed by atoms with Crippen molar-refractivity contribution in [1.29, 1.82) is 0 Å². The molecule has 1 aliphatic heterocycles. The van der Waals surface area contributed by atoms with E-state index < -0.39 is 0 Å². The highest BCUT2D eigenvalue weighted by molar-refractivity contribution is 6.12. The molecule has 0 bridgehead atoms. The van der Waals surface area contributed by atoms with E-state index in [0.29, 0.717) is 29.0 Å². The summed E-state index contributed by atoms with van der Waals surface area (Å²) in [6.45, 7) is 3.82. The molecular formula is C27H31N9O2. The average Bonchev–Trinajstić information content (AvgIpc) is 3.23. The first-order valence-corrected chi connectivity index (χ1v) is 12.7. The molecule has 2 atom stereocenters. The highest BCUT2D eigenvalue weighted by atomic mass is 16.2. The standard InChI is InChI=1S/C27H31N9O2/c1-15-7-12-20-19(13-15)24(30-21-5-3-4-6-22(21)31-26(28)29)33-27(32-20)34-25(38)17-8-10-18(11-9-17)36-23(37)14-16(2)35-36/h7-13,21-22H,3-6,14H2,1-2H3,(H4,28,29,31)(H2,30,32,33,34,38). The number of aryl methyl sites for hydroxylation is 1. The molecule has 1 saturated carbocycles. The van der Waals surface area contributed by atoms with Gasteiger partial charge in [-0.1, -0.05) is 24.5 Å². The van der Waals surface area contributed by atoms with E-state index >= 15 is 0 Å². The number of nitrogens with two attached hydrogens (primary N) is 2. The normalized spacial score (nSPS) is 19.3. The van der Waals surface area contributed by atoms with Crippen molar-refractivity contribution >= 4 is 51.8 Å². The predicted octanol–water partition coefficient (Wildman–Crippen LogP) is 3.30. The lowest BCUT2D eigenvalue weighted by Crippen LogP contribution is -2.38. The summed E-state index contributed by atoms with van der Waals surface area (Å²) in [6, 6.07) is 12.5. The van der Waals surface area contributed by atoms with Gasteiger partial charge in [-0.05, 0) is 63.1 Å². The zero-order valence-electron chi connectivity index (χ0n) is 21.4. The van der Waals surface area contributed by atoms with Gasteiger partial charge in [0, 0.05) is 16.7 Å². The summed E-state index contributed by atoms with van der Waals surface area (Å²) in [5, 5.41) is 12.8. The Morgan fingerprint density at radius 2 is 1.82 bits per heavy atom. The van der Waals surface area contributed by atoms with Crippen molar-refractivity contribution in [3.05, 3.63) is 53.6 Å². The number of hydrogen-bond acceptors (Lipinski definition) is 7. The van der Waals surface area contributed by atoms with Crippen LogP contribution in [0.2, 0.25) is 0 Å². The average molecular weight is 514 g/mol. The highest BCUT2D eigenvalue weighted by Crippen LogP contribution is 2.29. The molecule has 11 nitrogen and oxygen atoms in total. The van der Waals surface area contributed by atoms with Crippen molar-refractivity contribution in [2.24, 2.45) is 21.6 Å². The van der Waals surface area contributed by atoms with Crippen LogP contribution >= 0.6 is 0 Å². The van der Waals surface area contributed by atoms with Crippen molar-refractivity contribution in [3.8, 4) is 0 Å². The van der Waals surface area contributed by atoms with Gasteiger partial charge in [0.05, 0.1) is 29.7 Å². The summed E-state index contributed by atoms with van der Waals surface area (Å²) in [5.74, 6) is 0.411. The number of rotatable bonds is 6. The SMILES string of the molecule is CC1=NN(c2ccc(C(=O)Nc3nc(NC4CCCCC4N=C(N)N)c4cc(C)ccc4n3)cc2)C(=O)C1. The van der Waals surface area contributed by atoms with E-state index in [2.05, 4.69) is 30.7 Å². The molecule has 196 valence electrons. The minimum Gasteiger partial charge on any atom is -0.370 e. The third-order valence-electron chi connectivity index (χ3n) is 6.73. The van der Waals surface area contributed by atoms with Crippen molar-refractivity contribution in [3.63, 3.8) is 0 Å². The van der Waals surface area contributed by atoms with Crippen molar-refractivity contribution in [2.75, 3.05) is 15.6 Å². The number of nitrogens with zero attached hydrogens (tertiary/aromatic N) is 5. The summed E-state index contributed by atoms with van der Waals surface area (Å²) in [6.07, 6.45) is 4.19. The number of amides is 2. The van der Waals surface area contributed by atoms with Crippen molar-refractivity contribution in [2.45, 2.75) is 58.0 Å². The molecular weight excluding hydrogens is 482 g/mol. The molecule has 2 aliphatic rings. The number of anilines is 3. The molecule has 0 radical (unpaired) electrons. The Morgan fingerprint density at radius 3 is 2.53 bits per heavy atom. The second-order valence-electron chi connectivity index (χ2n) is 9.79. The topological polar surface area (TPSA) is 164 Å². The van der Waals surface area contributed by atoms with E-state index in [1.54, 1.807) is 24.3 Å². The van der Waals surface area contributed by atoms with Crippen LogP contribution < -0.4 is 27.1 Å². The van der Waals surface area contributed by atoms with E-state index in [9.17, 15) is 9.59 Å². The van der Waals surface area contributed by atoms with Gasteiger partial charge < -0.3 is 16.8 Å². The van der Waals surface area contributed by atoms with Crippen LogP contribution in [0.25, 0.3) is 10.9 Å². The molecule has 1 aromatic heterocycles. The first-order valence-electron chi connectivity index (χ1n) is 12.7. The molecule has 3 aromatic rings. The minimum absolute atomic E-state index is 0.000140. The second kappa shape index (κ2) is 10.4. The monoisotopic (exact) mass is 513 g/mol. The number of aliphatic imine (C=N–C) groups is 1. The number of fused-ring (bicyclic) bond motifs is 1. The van der Waals surface area contributed by atoms with Crippen LogP contribution in [0.5, 0.6) is 0 Å². The Hall–Kier alpha value is -4.54. The second-order valence-corrected chi connectivity index (χ2v) is 9.79. The summed E-state index contributed by atoms with van der Waals surface area (Å²) in [5.41, 5.74) is 14.9. The number of hydrogen-bond donors (Lipinski definition) is 4. The molecule has 2 unspecified atom stereocenters. The highest BCUT2D eigenvalue weighted by Gasteiger charge is 2.26. The molecule has 0 saturated heterocycles. The smallest absolute Gasteiger partial charge is 0.258 e. The van der Waals surface area contributed by atoms with Gasteiger partial charge in [0.15, 0.2) is 5.96 Å². The molecule has 1 fully saturated rings. The first kappa shape index (κ1) is 25.1. The zero-order chi connectivity index (χ0) is 26.8. The van der Waals surface area contributed by atoms with Crippen LogP contribution in [0.1, 0.15) is 54.9 Å². The Bertz CT molecular complexity index is 1440. The number of benzene rings is 2. The van der Waals surface area contributed by atoms with E-state index in [-0.39, 0.29) is 35.8 Å². The Morgan fingerprint density at radius 1 is 1.05 bits per heavy atom. The van der Waals surface area contributed by atoms with Gasteiger partial charge in [0.2, 0.25) is 5.95 Å². The number of carbonyl (C=O) groups excluding carboxylic acids is 2. The molecule has 5 rings (SSSR count). The molecule has 38 heavy (non-hydrogen) atoms. The molecule has 11 heteroatoms. The van der Waals surface area contributed by atoms with Crippen molar-refractivity contribution in [1.82, 2.24) is 9.97 Å². The van der Waals surface area contributed by atoms with Crippen LogP contribution in [0, 0.1) is 6.92 Å². The Balaban J connectivity index is 1.40. The third kappa shape index (κ3) is 5.41. The molecule has 2 amide bonds. The molecule has 2 heterocycles. The third-order valence-corrected chi connectivity index (χ3v) is 6.73. The van der Waals surface area contributed by atoms with Crippen LogP contribution in [-0.4, -0.2) is 45.5 Å². The summed E-state index contributed by atoms with van der Waals surface area (Å²) >= 11 is 0. The van der Waals surface area contributed by atoms with E-state index in [1.807, 2.05) is 32.0 Å². The lowest BCUT2D eigenvalue weighted by Gasteiger charge is -2.30. The molecule has 1 aliphatic carbocycles. The molecule has 6 N–H and O–H groups in total. The summed E-state index contributed by atoms with van der Waals surface area (Å²) in [7, 11) is 0. The van der Waals surface area contributed by atoms with Gasteiger partial charge in [0.25, 0.3) is 11.8 Å².